The third-order valence-corrected chi connectivity index (χ3v) is 11.5. The molecule has 0 unspecified atom stereocenters. The molecule has 258 valence electrons. The van der Waals surface area contributed by atoms with Crippen molar-refractivity contribution in [2.75, 3.05) is 0 Å². The highest BCUT2D eigenvalue weighted by Gasteiger charge is 2.26. The maximum atomic E-state index is 7.09. The predicted octanol–water partition coefficient (Wildman–Crippen LogP) is -2.94. The molecule has 10 rings (SSSR count). The number of rotatable bonds is 5. The van der Waals surface area contributed by atoms with Crippen LogP contribution in [0.3, 0.4) is 0 Å². The Morgan fingerprint density at radius 3 is 1.39 bits per heavy atom. The summed E-state index contributed by atoms with van der Waals surface area (Å²) in [4.78, 5) is 14.6. The van der Waals surface area contributed by atoms with Gasteiger partial charge in [0.1, 0.15) is 105 Å². The minimum Gasteiger partial charge on any atom is -0.456 e. The second-order valence-electron chi connectivity index (χ2n) is 15.0. The second kappa shape index (κ2) is 14.8. The van der Waals surface area contributed by atoms with Gasteiger partial charge >= 0.3 is 0 Å². The summed E-state index contributed by atoms with van der Waals surface area (Å²) in [5.74, 6) is 1.56. The molecule has 3 heterocycles. The van der Waals surface area contributed by atoms with Crippen molar-refractivity contribution in [3.8, 4) is 51.0 Å². The number of aromatic nitrogens is 4. The average Bonchev–Trinajstić information content (AvgIpc) is 3.86. The zero-order valence-corrected chi connectivity index (χ0v) is 32.9. The molecule has 62 heavy (non-hydrogen) atoms. The Labute approximate surface area is 373 Å². The van der Waals surface area contributed by atoms with Crippen molar-refractivity contribution in [3.05, 3.63) is 97.1 Å². The van der Waals surface area contributed by atoms with Crippen molar-refractivity contribution < 1.29 is 4.42 Å². The molecule has 3 aromatic heterocycles. The van der Waals surface area contributed by atoms with Gasteiger partial charge < -0.3 is 8.98 Å². The van der Waals surface area contributed by atoms with Gasteiger partial charge in [0, 0.05) is 49.6 Å². The van der Waals surface area contributed by atoms with Crippen LogP contribution >= 0.6 is 0 Å². The smallest absolute Gasteiger partial charge is 0.164 e. The first kappa shape index (κ1) is 40.0. The van der Waals surface area contributed by atoms with E-state index in [0.717, 1.165) is 27.5 Å². The number of hydrogen-bond acceptors (Lipinski definition) is 4. The molecule has 0 aliphatic carbocycles. The Hall–Kier alpha value is -6.07. The minimum atomic E-state index is 0.00214. The SMILES string of the molecule is [B]c1c([B])c([B])c(-c2c([B])c([B])c3c(c2[B])c2c([B])c([B])c([B])c([B])c2n3-c2ccc3oc4cc(-c5nc(-c6ccccc6)nc(-c6ccccc6)n5)ccc4c3c2)c([B])c1[B]. The lowest BCUT2D eigenvalue weighted by Gasteiger charge is -2.26. The molecule has 0 fully saturated rings. The van der Waals surface area contributed by atoms with E-state index in [-0.39, 0.29) is 76.7 Å². The van der Waals surface area contributed by atoms with Gasteiger partial charge in [0.25, 0.3) is 0 Å². The fourth-order valence-electron chi connectivity index (χ4n) is 8.32. The minimum absolute atomic E-state index is 0.00214. The molecular formula is C45H16B12N4O. The molecule has 7 aromatic carbocycles. The highest BCUT2D eigenvalue weighted by Crippen LogP contribution is 2.36. The van der Waals surface area contributed by atoms with Crippen molar-refractivity contribution in [1.82, 2.24) is 19.5 Å². The number of hydrogen-bond donors (Lipinski definition) is 0. The van der Waals surface area contributed by atoms with Crippen LogP contribution in [0.1, 0.15) is 0 Å². The maximum absolute atomic E-state index is 7.09. The van der Waals surface area contributed by atoms with Crippen LogP contribution in [0.2, 0.25) is 0 Å². The van der Waals surface area contributed by atoms with E-state index in [0.29, 0.717) is 56.1 Å². The zero-order valence-electron chi connectivity index (χ0n) is 32.9. The van der Waals surface area contributed by atoms with E-state index in [1.165, 1.54) is 0 Å². The molecule has 0 spiro atoms. The molecule has 0 atom stereocenters. The molecule has 0 amide bonds. The fourth-order valence-corrected chi connectivity index (χ4v) is 8.32. The van der Waals surface area contributed by atoms with Gasteiger partial charge in [-0.1, -0.05) is 105 Å². The molecule has 5 nitrogen and oxygen atoms in total. The number of furan rings is 1. The summed E-state index contributed by atoms with van der Waals surface area (Å²) < 4.78 is 8.26. The van der Waals surface area contributed by atoms with Gasteiger partial charge in [-0.25, -0.2) is 15.0 Å². The highest BCUT2D eigenvalue weighted by atomic mass is 16.3. The third-order valence-electron chi connectivity index (χ3n) is 11.5. The summed E-state index contributed by atoms with van der Waals surface area (Å²) >= 11 is 0. The van der Waals surface area contributed by atoms with Crippen molar-refractivity contribution in [2.24, 2.45) is 0 Å². The summed E-state index contributed by atoms with van der Waals surface area (Å²) in [6.45, 7) is 0. The van der Waals surface area contributed by atoms with Crippen LogP contribution in [0.4, 0.5) is 0 Å². The van der Waals surface area contributed by atoms with E-state index in [2.05, 4.69) is 0 Å². The topological polar surface area (TPSA) is 56.7 Å². The highest BCUT2D eigenvalue weighted by molar-refractivity contribution is 6.72. The van der Waals surface area contributed by atoms with Gasteiger partial charge in [0.2, 0.25) is 0 Å². The lowest BCUT2D eigenvalue weighted by atomic mass is 9.57. The largest absolute Gasteiger partial charge is 0.456 e. The van der Waals surface area contributed by atoms with Crippen LogP contribution in [0.25, 0.3) is 94.7 Å². The molecule has 17 heteroatoms. The van der Waals surface area contributed by atoms with Gasteiger partial charge in [-0.2, -0.15) is 0 Å². The van der Waals surface area contributed by atoms with E-state index in [9.17, 15) is 0 Å². The zero-order chi connectivity index (χ0) is 43.5. The van der Waals surface area contributed by atoms with Crippen LogP contribution in [0, 0.1) is 0 Å². The van der Waals surface area contributed by atoms with E-state index < -0.39 is 0 Å². The maximum Gasteiger partial charge on any atom is 0.164 e. The Morgan fingerprint density at radius 1 is 0.355 bits per heavy atom. The van der Waals surface area contributed by atoms with Crippen molar-refractivity contribution >= 4 is 203 Å². The summed E-state index contributed by atoms with van der Waals surface area (Å²) in [5.41, 5.74) is 5.94. The predicted molar refractivity (Wildman–Crippen MR) is 268 cm³/mol. The normalized spacial score (nSPS) is 11.7. The average molecular weight is 758 g/mol. The summed E-state index contributed by atoms with van der Waals surface area (Å²) in [7, 11) is 79.2. The van der Waals surface area contributed by atoms with Gasteiger partial charge in [-0.3, -0.25) is 0 Å². The summed E-state index contributed by atoms with van der Waals surface area (Å²) in [6.07, 6.45) is 0. The van der Waals surface area contributed by atoms with Crippen LogP contribution in [0.5, 0.6) is 0 Å². The first-order chi connectivity index (χ1) is 29.8. The Morgan fingerprint density at radius 2 is 0.806 bits per heavy atom. The Balaban J connectivity index is 1.20. The van der Waals surface area contributed by atoms with Gasteiger partial charge in [0.05, 0.1) is 0 Å². The molecule has 24 radical (unpaired) electrons. The van der Waals surface area contributed by atoms with Crippen LogP contribution < -0.4 is 65.6 Å². The lowest BCUT2D eigenvalue weighted by Crippen LogP contribution is -2.56. The van der Waals surface area contributed by atoms with E-state index in [1.807, 2.05) is 97.1 Å². The molecule has 0 saturated carbocycles. The van der Waals surface area contributed by atoms with Crippen molar-refractivity contribution in [3.63, 3.8) is 0 Å². The van der Waals surface area contributed by atoms with Gasteiger partial charge in [-0.15, -0.1) is 27.3 Å². The lowest BCUT2D eigenvalue weighted by molar-refractivity contribution is 0.669. The van der Waals surface area contributed by atoms with Crippen molar-refractivity contribution in [2.45, 2.75) is 0 Å². The molecule has 0 aliphatic heterocycles. The molecule has 0 saturated heterocycles. The summed E-state index contributed by atoms with van der Waals surface area (Å²) in [6, 6.07) is 30.9. The Kier molecular flexibility index (Phi) is 9.55. The van der Waals surface area contributed by atoms with Gasteiger partial charge in [-0.05, 0) is 46.8 Å². The van der Waals surface area contributed by atoms with Crippen molar-refractivity contribution in [1.29, 1.82) is 0 Å². The molecule has 0 aliphatic rings. The molecule has 0 bridgehead atoms. The third kappa shape index (κ3) is 5.91. The first-order valence-electron chi connectivity index (χ1n) is 19.2. The molecule has 0 N–H and O–H groups in total. The first-order valence-corrected chi connectivity index (χ1v) is 19.2. The van der Waals surface area contributed by atoms with E-state index >= 15 is 0 Å². The van der Waals surface area contributed by atoms with E-state index in [4.69, 9.17) is 114 Å². The van der Waals surface area contributed by atoms with Crippen LogP contribution in [0.15, 0.2) is 101 Å². The molecular weight excluding hydrogens is 742 g/mol. The number of fused-ring (bicyclic) bond motifs is 6. The Bertz CT molecular complexity index is 3470. The van der Waals surface area contributed by atoms with Gasteiger partial charge in [0.15, 0.2) is 17.5 Å². The fraction of sp³-hybridized carbons (Fsp3) is 0. The van der Waals surface area contributed by atoms with E-state index in [1.54, 1.807) is 4.57 Å². The number of benzene rings is 7. The number of nitrogens with zero attached hydrogens (tertiary/aromatic N) is 4. The second-order valence-corrected chi connectivity index (χ2v) is 15.0. The van der Waals surface area contributed by atoms with Crippen LogP contribution in [-0.2, 0) is 0 Å². The summed E-state index contributed by atoms with van der Waals surface area (Å²) in [5, 5.41) is 2.30. The monoisotopic (exact) mass is 760 g/mol. The van der Waals surface area contributed by atoms with Crippen LogP contribution in [-0.4, -0.2) is 114 Å². The standard InChI is InChI=1S/C45H16B12N4O/c46-29-25(26-30(47)34(51)37(54)35(52)31(26)48)32(49)39(56)41-27(29)28-33(50)36(53)38(55)40(57)42(28)61(41)20-12-14-23-22(16-20)21-13-11-19(15-24(21)62-23)45-59-43(17-7-3-1-4-8-17)58-44(60-45)18-9-5-2-6-10-18/h1-16H. The quantitative estimate of drug-likeness (QED) is 0.177. The molecule has 10 aromatic rings.